The largest absolute Gasteiger partial charge is 0.494 e. The van der Waals surface area contributed by atoms with Crippen molar-refractivity contribution in [1.82, 2.24) is 3.97 Å². The molecule has 24 heavy (non-hydrogen) atoms. The summed E-state index contributed by atoms with van der Waals surface area (Å²) in [5.41, 5.74) is 1.14. The fourth-order valence-electron chi connectivity index (χ4n) is 2.53. The van der Waals surface area contributed by atoms with Gasteiger partial charge in [0.05, 0.1) is 17.6 Å². The van der Waals surface area contributed by atoms with Crippen molar-refractivity contribution in [3.05, 3.63) is 72.4 Å². The van der Waals surface area contributed by atoms with Gasteiger partial charge in [-0.2, -0.15) is 0 Å². The maximum Gasteiger partial charge on any atom is 0.268 e. The highest BCUT2D eigenvalue weighted by atomic mass is 32.2. The molecule has 2 aromatic carbocycles. The number of benzene rings is 2. The molecule has 5 nitrogen and oxygen atoms in total. The van der Waals surface area contributed by atoms with Crippen molar-refractivity contribution >= 4 is 16.3 Å². The van der Waals surface area contributed by atoms with Gasteiger partial charge in [0, 0.05) is 11.8 Å². The van der Waals surface area contributed by atoms with Crippen LogP contribution in [0.2, 0.25) is 0 Å². The Morgan fingerprint density at radius 1 is 0.958 bits per heavy atom. The Kier molecular flexibility index (Phi) is 4.22. The molecule has 122 valence electrons. The summed E-state index contributed by atoms with van der Waals surface area (Å²) in [6.45, 7) is 0. The molecule has 0 aliphatic carbocycles. The van der Waals surface area contributed by atoms with Gasteiger partial charge in [0.15, 0.2) is 12.0 Å². The van der Waals surface area contributed by atoms with Crippen LogP contribution < -0.4 is 4.74 Å². The Morgan fingerprint density at radius 3 is 2.08 bits per heavy atom. The molecule has 0 spiro atoms. The van der Waals surface area contributed by atoms with Crippen molar-refractivity contribution in [2.24, 2.45) is 0 Å². The van der Waals surface area contributed by atoms with E-state index in [9.17, 15) is 13.2 Å². The Bertz CT molecular complexity index is 961. The summed E-state index contributed by atoms with van der Waals surface area (Å²) >= 11 is 0. The molecule has 0 bridgehead atoms. The Hall–Kier alpha value is -2.86. The summed E-state index contributed by atoms with van der Waals surface area (Å²) in [6, 6.07) is 17.0. The highest BCUT2D eigenvalue weighted by molar-refractivity contribution is 7.90. The highest BCUT2D eigenvalue weighted by Crippen LogP contribution is 2.36. The number of aromatic nitrogens is 1. The van der Waals surface area contributed by atoms with Crippen LogP contribution in [0.15, 0.2) is 71.8 Å². The van der Waals surface area contributed by atoms with Crippen LogP contribution in [0.25, 0.3) is 11.3 Å². The smallest absolute Gasteiger partial charge is 0.268 e. The molecule has 0 radical (unpaired) electrons. The molecule has 0 saturated heterocycles. The van der Waals surface area contributed by atoms with E-state index in [1.165, 1.54) is 25.4 Å². The molecule has 0 fully saturated rings. The van der Waals surface area contributed by atoms with Crippen molar-refractivity contribution in [1.29, 1.82) is 0 Å². The van der Waals surface area contributed by atoms with Gasteiger partial charge in [0.2, 0.25) is 0 Å². The minimum atomic E-state index is -3.86. The predicted molar refractivity (Wildman–Crippen MR) is 90.8 cm³/mol. The number of carbonyl (C=O) groups excluding carboxylic acids is 1. The number of aldehydes is 1. The van der Waals surface area contributed by atoms with E-state index in [2.05, 4.69) is 0 Å². The molecule has 3 aromatic rings. The van der Waals surface area contributed by atoms with Crippen molar-refractivity contribution in [2.45, 2.75) is 4.90 Å². The molecule has 0 amide bonds. The van der Waals surface area contributed by atoms with E-state index in [1.54, 1.807) is 42.5 Å². The van der Waals surface area contributed by atoms with Gasteiger partial charge < -0.3 is 4.74 Å². The first kappa shape index (κ1) is 16.0. The van der Waals surface area contributed by atoms with Crippen molar-refractivity contribution in [2.75, 3.05) is 7.11 Å². The molecule has 0 aliphatic heterocycles. The zero-order valence-corrected chi connectivity index (χ0v) is 13.7. The maximum atomic E-state index is 13.0. The fourth-order valence-corrected chi connectivity index (χ4v) is 3.94. The van der Waals surface area contributed by atoms with Gasteiger partial charge in [-0.25, -0.2) is 12.4 Å². The van der Waals surface area contributed by atoms with Crippen molar-refractivity contribution < 1.29 is 17.9 Å². The summed E-state index contributed by atoms with van der Waals surface area (Å²) in [5, 5.41) is 0. The van der Waals surface area contributed by atoms with E-state index >= 15 is 0 Å². The molecular formula is C18H15NO4S. The summed E-state index contributed by atoms with van der Waals surface area (Å²) in [5.74, 6) is 0.232. The van der Waals surface area contributed by atoms with Gasteiger partial charge in [0.1, 0.15) is 5.69 Å². The molecule has 0 unspecified atom stereocenters. The molecule has 0 saturated carbocycles. The van der Waals surface area contributed by atoms with E-state index in [0.717, 1.165) is 3.97 Å². The van der Waals surface area contributed by atoms with Crippen molar-refractivity contribution in [3.63, 3.8) is 0 Å². The number of hydrogen-bond donors (Lipinski definition) is 0. The molecule has 0 N–H and O–H groups in total. The summed E-state index contributed by atoms with van der Waals surface area (Å²) in [6.07, 6.45) is 1.87. The Labute approximate surface area is 140 Å². The number of rotatable bonds is 5. The summed E-state index contributed by atoms with van der Waals surface area (Å²) < 4.78 is 32.4. The SMILES string of the molecule is COc1c(C=O)cn(S(=O)(=O)c2ccccc2)c1-c1ccccc1. The van der Waals surface area contributed by atoms with Crippen LogP contribution in [0.3, 0.4) is 0 Å². The minimum absolute atomic E-state index is 0.136. The molecule has 1 aromatic heterocycles. The van der Waals surface area contributed by atoms with E-state index in [4.69, 9.17) is 4.74 Å². The van der Waals surface area contributed by atoms with Crippen LogP contribution in [0, 0.1) is 0 Å². The van der Waals surface area contributed by atoms with Crippen LogP contribution in [0.4, 0.5) is 0 Å². The van der Waals surface area contributed by atoms with Gasteiger partial charge >= 0.3 is 0 Å². The number of ether oxygens (including phenoxy) is 1. The molecule has 6 heteroatoms. The van der Waals surface area contributed by atoms with Crippen LogP contribution in [0.1, 0.15) is 10.4 Å². The Balaban J connectivity index is 2.33. The molecule has 3 rings (SSSR count). The normalized spacial score (nSPS) is 11.2. The lowest BCUT2D eigenvalue weighted by molar-refractivity contribution is 0.112. The van der Waals surface area contributed by atoms with Gasteiger partial charge in [0.25, 0.3) is 10.0 Å². The fraction of sp³-hybridized carbons (Fsp3) is 0.0556. The standard InChI is InChI=1S/C18H15NO4S/c1-23-18-15(13-20)12-19(17(18)14-8-4-2-5-9-14)24(21,22)16-10-6-3-7-11-16/h2-13H,1H3. The molecule has 0 aliphatic rings. The third kappa shape index (κ3) is 2.61. The van der Waals surface area contributed by atoms with Crippen molar-refractivity contribution in [3.8, 4) is 17.0 Å². The minimum Gasteiger partial charge on any atom is -0.494 e. The number of methoxy groups -OCH3 is 1. The first-order valence-electron chi connectivity index (χ1n) is 7.20. The summed E-state index contributed by atoms with van der Waals surface area (Å²) in [4.78, 5) is 11.5. The van der Waals surface area contributed by atoms with Crippen LogP contribution in [-0.2, 0) is 10.0 Å². The lowest BCUT2D eigenvalue weighted by Gasteiger charge is -2.12. The number of hydrogen-bond acceptors (Lipinski definition) is 4. The molecule has 1 heterocycles. The first-order valence-corrected chi connectivity index (χ1v) is 8.64. The Morgan fingerprint density at radius 2 is 1.54 bits per heavy atom. The lowest BCUT2D eigenvalue weighted by atomic mass is 10.1. The second kappa shape index (κ2) is 6.33. The average Bonchev–Trinajstić information content (AvgIpc) is 3.02. The first-order chi connectivity index (χ1) is 11.6. The number of carbonyl (C=O) groups is 1. The highest BCUT2D eigenvalue weighted by Gasteiger charge is 2.26. The van der Waals surface area contributed by atoms with E-state index in [0.29, 0.717) is 17.5 Å². The van der Waals surface area contributed by atoms with E-state index < -0.39 is 10.0 Å². The van der Waals surface area contributed by atoms with E-state index in [-0.39, 0.29) is 16.2 Å². The second-order valence-corrected chi connectivity index (χ2v) is 6.88. The average molecular weight is 341 g/mol. The van der Waals surface area contributed by atoms with Crippen LogP contribution in [0.5, 0.6) is 5.75 Å². The maximum absolute atomic E-state index is 13.0. The number of nitrogens with zero attached hydrogens (tertiary/aromatic N) is 1. The quantitative estimate of drug-likeness (QED) is 0.669. The monoisotopic (exact) mass is 341 g/mol. The zero-order chi connectivity index (χ0) is 17.2. The lowest BCUT2D eigenvalue weighted by Crippen LogP contribution is -2.13. The third-order valence-corrected chi connectivity index (χ3v) is 5.31. The summed E-state index contributed by atoms with van der Waals surface area (Å²) in [7, 11) is -2.45. The van der Waals surface area contributed by atoms with Gasteiger partial charge in [-0.15, -0.1) is 0 Å². The van der Waals surface area contributed by atoms with Crippen LogP contribution >= 0.6 is 0 Å². The molecule has 0 atom stereocenters. The second-order valence-electron chi connectivity index (χ2n) is 5.06. The van der Waals surface area contributed by atoms with Gasteiger partial charge in [-0.05, 0) is 12.1 Å². The topological polar surface area (TPSA) is 65.4 Å². The van der Waals surface area contributed by atoms with Crippen LogP contribution in [-0.4, -0.2) is 25.8 Å². The predicted octanol–water partition coefficient (Wildman–Crippen LogP) is 3.21. The third-order valence-electron chi connectivity index (χ3n) is 3.63. The zero-order valence-electron chi connectivity index (χ0n) is 12.9. The molecular weight excluding hydrogens is 326 g/mol. The van der Waals surface area contributed by atoms with Gasteiger partial charge in [-0.3, -0.25) is 4.79 Å². The van der Waals surface area contributed by atoms with E-state index in [1.807, 2.05) is 6.07 Å². The van der Waals surface area contributed by atoms with Gasteiger partial charge in [-0.1, -0.05) is 48.5 Å².